The van der Waals surface area contributed by atoms with Crippen LogP contribution in [0.2, 0.25) is 5.02 Å². The second-order valence-corrected chi connectivity index (χ2v) is 6.75. The lowest BCUT2D eigenvalue weighted by Crippen LogP contribution is -2.10. The smallest absolute Gasteiger partial charge is 0.122 e. The van der Waals surface area contributed by atoms with Crippen molar-refractivity contribution in [2.45, 2.75) is 29.9 Å². The van der Waals surface area contributed by atoms with E-state index in [9.17, 15) is 0 Å². The highest BCUT2D eigenvalue weighted by atomic mass is 35.5. The first-order chi connectivity index (χ1) is 10.1. The van der Waals surface area contributed by atoms with Crippen molar-refractivity contribution in [3.8, 4) is 0 Å². The molecule has 3 N–H and O–H groups in total. The van der Waals surface area contributed by atoms with Gasteiger partial charge in [-0.1, -0.05) is 29.8 Å². The molecule has 0 fully saturated rings. The zero-order valence-electron chi connectivity index (χ0n) is 11.7. The van der Waals surface area contributed by atoms with E-state index in [4.69, 9.17) is 22.7 Å². The molecule has 0 amide bonds. The van der Waals surface area contributed by atoms with E-state index in [0.29, 0.717) is 10.6 Å². The van der Waals surface area contributed by atoms with Gasteiger partial charge in [-0.25, -0.2) is 0 Å². The summed E-state index contributed by atoms with van der Waals surface area (Å²) in [6, 6.07) is 12.3. The minimum Gasteiger partial charge on any atom is -0.384 e. The maximum atomic E-state index is 7.42. The van der Waals surface area contributed by atoms with Gasteiger partial charge >= 0.3 is 0 Å². The minimum absolute atomic E-state index is 0.0507. The van der Waals surface area contributed by atoms with Crippen molar-refractivity contribution in [3.05, 3.63) is 63.7 Å². The van der Waals surface area contributed by atoms with E-state index in [2.05, 4.69) is 18.2 Å². The third kappa shape index (κ3) is 3.25. The van der Waals surface area contributed by atoms with Crippen molar-refractivity contribution < 1.29 is 0 Å². The number of fused-ring (bicyclic) bond motifs is 1. The van der Waals surface area contributed by atoms with Gasteiger partial charge < -0.3 is 5.73 Å². The van der Waals surface area contributed by atoms with Gasteiger partial charge in [0, 0.05) is 21.2 Å². The lowest BCUT2D eigenvalue weighted by Gasteiger charge is -2.08. The van der Waals surface area contributed by atoms with Crippen LogP contribution in [-0.4, -0.2) is 5.84 Å². The molecule has 2 aromatic rings. The van der Waals surface area contributed by atoms with Gasteiger partial charge in [-0.2, -0.15) is 0 Å². The Bertz CT molecular complexity index is 697. The second-order valence-electron chi connectivity index (χ2n) is 5.29. The largest absolute Gasteiger partial charge is 0.384 e. The highest BCUT2D eigenvalue weighted by Gasteiger charge is 2.11. The molecule has 1 aliphatic rings. The molecule has 0 aliphatic heterocycles. The SMILES string of the molecule is N=C(N)c1ccc(CSc2ccc3c(c2)CCC3)c(Cl)c1. The average molecular weight is 317 g/mol. The highest BCUT2D eigenvalue weighted by molar-refractivity contribution is 7.98. The standard InChI is InChI=1S/C17H17ClN2S/c18-16-9-13(17(19)20)4-5-14(16)10-21-15-7-6-11-2-1-3-12(11)8-15/h4-9H,1-3,10H2,(H3,19,20). The van der Waals surface area contributed by atoms with Crippen LogP contribution in [0.4, 0.5) is 0 Å². The molecule has 0 unspecified atom stereocenters. The predicted molar refractivity (Wildman–Crippen MR) is 90.5 cm³/mol. The number of nitrogens with one attached hydrogen (secondary N) is 1. The third-order valence-corrected chi connectivity index (χ3v) is 5.22. The number of nitrogen functional groups attached to an aromatic ring is 1. The minimum atomic E-state index is 0.0507. The fraction of sp³-hybridized carbons (Fsp3) is 0.235. The number of nitrogens with two attached hydrogens (primary N) is 1. The molecule has 2 aromatic carbocycles. The van der Waals surface area contributed by atoms with Crippen LogP contribution >= 0.6 is 23.4 Å². The molecule has 21 heavy (non-hydrogen) atoms. The topological polar surface area (TPSA) is 49.9 Å². The summed E-state index contributed by atoms with van der Waals surface area (Å²) in [6.45, 7) is 0. The summed E-state index contributed by atoms with van der Waals surface area (Å²) in [4.78, 5) is 1.29. The van der Waals surface area contributed by atoms with E-state index in [1.54, 1.807) is 17.8 Å². The summed E-state index contributed by atoms with van der Waals surface area (Å²) in [5.41, 5.74) is 10.2. The molecule has 1 aliphatic carbocycles. The van der Waals surface area contributed by atoms with Crippen LogP contribution in [0.25, 0.3) is 0 Å². The predicted octanol–water partition coefficient (Wildman–Crippen LogP) is 4.41. The van der Waals surface area contributed by atoms with Crippen molar-refractivity contribution in [2.75, 3.05) is 0 Å². The molecular weight excluding hydrogens is 300 g/mol. The first-order valence-electron chi connectivity index (χ1n) is 7.01. The first kappa shape index (κ1) is 14.5. The van der Waals surface area contributed by atoms with Gasteiger partial charge in [0.2, 0.25) is 0 Å². The summed E-state index contributed by atoms with van der Waals surface area (Å²) in [7, 11) is 0. The van der Waals surface area contributed by atoms with Crippen LogP contribution in [0.3, 0.4) is 0 Å². The summed E-state index contributed by atoms with van der Waals surface area (Å²) >= 11 is 8.07. The fourth-order valence-electron chi connectivity index (χ4n) is 2.63. The molecule has 0 radical (unpaired) electrons. The second kappa shape index (κ2) is 6.12. The molecule has 3 rings (SSSR count). The van der Waals surface area contributed by atoms with Gasteiger partial charge in [0.05, 0.1) is 0 Å². The van der Waals surface area contributed by atoms with E-state index in [1.165, 1.54) is 35.3 Å². The maximum Gasteiger partial charge on any atom is 0.122 e. The molecule has 0 heterocycles. The van der Waals surface area contributed by atoms with Crippen LogP contribution < -0.4 is 5.73 Å². The van der Waals surface area contributed by atoms with Crippen LogP contribution in [-0.2, 0) is 18.6 Å². The highest BCUT2D eigenvalue weighted by Crippen LogP contribution is 2.31. The van der Waals surface area contributed by atoms with Crippen LogP contribution in [0.1, 0.15) is 28.7 Å². The lowest BCUT2D eigenvalue weighted by molar-refractivity contribution is 0.911. The molecule has 0 saturated carbocycles. The van der Waals surface area contributed by atoms with Gasteiger partial charge in [-0.05, 0) is 54.2 Å². The molecule has 108 valence electrons. The van der Waals surface area contributed by atoms with Gasteiger partial charge in [0.25, 0.3) is 0 Å². The molecule has 0 saturated heterocycles. The van der Waals surface area contributed by atoms with Crippen molar-refractivity contribution in [1.82, 2.24) is 0 Å². The number of rotatable bonds is 4. The van der Waals surface area contributed by atoms with Gasteiger partial charge in [0.1, 0.15) is 5.84 Å². The Morgan fingerprint density at radius 3 is 2.71 bits per heavy atom. The summed E-state index contributed by atoms with van der Waals surface area (Å²) in [5, 5.41) is 8.10. The van der Waals surface area contributed by atoms with Gasteiger partial charge in [-0.3, -0.25) is 5.41 Å². The van der Waals surface area contributed by atoms with Crippen molar-refractivity contribution in [2.24, 2.45) is 5.73 Å². The summed E-state index contributed by atoms with van der Waals surface area (Å²) in [5.74, 6) is 0.880. The molecule has 2 nitrogen and oxygen atoms in total. The van der Waals surface area contributed by atoms with Crippen LogP contribution in [0.5, 0.6) is 0 Å². The van der Waals surface area contributed by atoms with Crippen molar-refractivity contribution in [1.29, 1.82) is 5.41 Å². The zero-order chi connectivity index (χ0) is 14.8. The average Bonchev–Trinajstić information content (AvgIpc) is 2.93. The van der Waals surface area contributed by atoms with Crippen LogP contribution in [0, 0.1) is 5.41 Å². The molecular formula is C17H17ClN2S. The quantitative estimate of drug-likeness (QED) is 0.499. The number of thioether (sulfide) groups is 1. The number of halogens is 1. The zero-order valence-corrected chi connectivity index (χ0v) is 13.2. The molecule has 0 bridgehead atoms. The van der Waals surface area contributed by atoms with E-state index in [0.717, 1.165) is 11.3 Å². The maximum absolute atomic E-state index is 7.42. The Morgan fingerprint density at radius 2 is 1.95 bits per heavy atom. The number of hydrogen-bond donors (Lipinski definition) is 2. The summed E-state index contributed by atoms with van der Waals surface area (Å²) in [6.07, 6.45) is 3.71. The van der Waals surface area contributed by atoms with E-state index >= 15 is 0 Å². The van der Waals surface area contributed by atoms with Gasteiger partial charge in [0.15, 0.2) is 0 Å². The first-order valence-corrected chi connectivity index (χ1v) is 8.37. The van der Waals surface area contributed by atoms with Gasteiger partial charge in [-0.15, -0.1) is 11.8 Å². The molecule has 4 heteroatoms. The Hall–Kier alpha value is -1.45. The Labute approximate surface area is 134 Å². The fourth-order valence-corrected chi connectivity index (χ4v) is 3.92. The van der Waals surface area contributed by atoms with Crippen LogP contribution in [0.15, 0.2) is 41.3 Å². The number of hydrogen-bond acceptors (Lipinski definition) is 2. The summed E-state index contributed by atoms with van der Waals surface area (Å²) < 4.78 is 0. The Balaban J connectivity index is 1.71. The van der Waals surface area contributed by atoms with E-state index in [1.807, 2.05) is 12.1 Å². The Morgan fingerprint density at radius 1 is 1.14 bits per heavy atom. The van der Waals surface area contributed by atoms with E-state index < -0.39 is 0 Å². The number of aryl methyl sites for hydroxylation is 2. The third-order valence-electron chi connectivity index (χ3n) is 3.83. The molecule has 0 aromatic heterocycles. The molecule has 0 spiro atoms. The molecule has 0 atom stereocenters. The van der Waals surface area contributed by atoms with Crippen molar-refractivity contribution in [3.63, 3.8) is 0 Å². The lowest BCUT2D eigenvalue weighted by atomic mass is 10.1. The van der Waals surface area contributed by atoms with Crippen molar-refractivity contribution >= 4 is 29.2 Å². The Kier molecular flexibility index (Phi) is 4.22. The normalized spacial score (nSPS) is 13.2. The number of benzene rings is 2. The van der Waals surface area contributed by atoms with E-state index in [-0.39, 0.29) is 5.84 Å². The monoisotopic (exact) mass is 316 g/mol. The number of amidine groups is 1.